The van der Waals surface area contributed by atoms with Crippen LogP contribution in [0.3, 0.4) is 0 Å². The number of amides is 1. The van der Waals surface area contributed by atoms with E-state index in [4.69, 9.17) is 0 Å². The maximum atomic E-state index is 12.4. The Morgan fingerprint density at radius 2 is 1.86 bits per heavy atom. The maximum absolute atomic E-state index is 12.4. The van der Waals surface area contributed by atoms with E-state index in [1.54, 1.807) is 0 Å². The molecule has 6 heteroatoms. The van der Waals surface area contributed by atoms with E-state index in [9.17, 15) is 4.79 Å². The molecule has 0 spiro atoms. The van der Waals surface area contributed by atoms with E-state index >= 15 is 0 Å². The van der Waals surface area contributed by atoms with Gasteiger partial charge in [0.1, 0.15) is 12.4 Å². The Kier molecular flexibility index (Phi) is 5.87. The van der Waals surface area contributed by atoms with Gasteiger partial charge in [0.05, 0.1) is 7.05 Å². The SMILES string of the molecule is Cc1n(CC(=O)N2CCC(N3CCCC3)CC2)cc[n+]1C.[Cl-]. The van der Waals surface area contributed by atoms with Crippen molar-refractivity contribution in [1.82, 2.24) is 14.4 Å². The van der Waals surface area contributed by atoms with Gasteiger partial charge in [-0.3, -0.25) is 4.79 Å². The molecule has 0 unspecified atom stereocenters. The molecule has 0 radical (unpaired) electrons. The summed E-state index contributed by atoms with van der Waals surface area (Å²) in [7, 11) is 2.01. The third-order valence-electron chi connectivity index (χ3n) is 5.18. The second kappa shape index (κ2) is 7.47. The highest BCUT2D eigenvalue weighted by Crippen LogP contribution is 2.21. The van der Waals surface area contributed by atoms with Crippen LogP contribution >= 0.6 is 0 Å². The van der Waals surface area contributed by atoms with Crippen molar-refractivity contribution in [3.63, 3.8) is 0 Å². The summed E-state index contributed by atoms with van der Waals surface area (Å²) in [6.07, 6.45) is 8.98. The molecule has 2 fully saturated rings. The maximum Gasteiger partial charge on any atom is 0.264 e. The van der Waals surface area contributed by atoms with Crippen molar-refractivity contribution in [2.75, 3.05) is 26.2 Å². The van der Waals surface area contributed by atoms with Gasteiger partial charge in [0, 0.05) is 26.1 Å². The molecule has 0 saturated carbocycles. The van der Waals surface area contributed by atoms with Crippen LogP contribution in [0.2, 0.25) is 0 Å². The van der Waals surface area contributed by atoms with Gasteiger partial charge in [-0.25, -0.2) is 9.13 Å². The second-order valence-electron chi connectivity index (χ2n) is 6.44. The molecule has 1 amide bonds. The van der Waals surface area contributed by atoms with Crippen LogP contribution in [0.1, 0.15) is 31.5 Å². The summed E-state index contributed by atoms with van der Waals surface area (Å²) in [5.74, 6) is 1.38. The standard InChI is InChI=1S/C16H27N4O.ClH/c1-14-17(2)11-12-20(14)13-16(21)19-9-5-15(6-10-19)18-7-3-4-8-18;/h11-12,15H,3-10,13H2,1-2H3;1H/q+1;/p-1. The van der Waals surface area contributed by atoms with Gasteiger partial charge in [-0.05, 0) is 38.8 Å². The zero-order valence-corrected chi connectivity index (χ0v) is 14.4. The van der Waals surface area contributed by atoms with Gasteiger partial charge in [0.15, 0.2) is 6.54 Å². The fraction of sp³-hybridized carbons (Fsp3) is 0.750. The van der Waals surface area contributed by atoms with Crippen molar-refractivity contribution in [3.8, 4) is 0 Å². The van der Waals surface area contributed by atoms with Crippen molar-refractivity contribution in [2.24, 2.45) is 7.05 Å². The summed E-state index contributed by atoms with van der Waals surface area (Å²) in [5, 5.41) is 0. The van der Waals surface area contributed by atoms with Crippen LogP contribution < -0.4 is 17.0 Å². The number of piperidine rings is 1. The van der Waals surface area contributed by atoms with Gasteiger partial charge in [-0.1, -0.05) is 0 Å². The Bertz CT molecular complexity index is 502. The van der Waals surface area contributed by atoms with Crippen molar-refractivity contribution >= 4 is 5.91 Å². The van der Waals surface area contributed by atoms with Crippen molar-refractivity contribution in [1.29, 1.82) is 0 Å². The smallest absolute Gasteiger partial charge is 0.264 e. The highest BCUT2D eigenvalue weighted by Gasteiger charge is 2.29. The fourth-order valence-corrected chi connectivity index (χ4v) is 3.60. The number of likely N-dealkylation sites (tertiary alicyclic amines) is 2. The summed E-state index contributed by atoms with van der Waals surface area (Å²) in [5.41, 5.74) is 0. The molecule has 2 aliphatic heterocycles. The van der Waals surface area contributed by atoms with Crippen LogP contribution in [0.4, 0.5) is 0 Å². The van der Waals surface area contributed by atoms with Crippen LogP contribution in [-0.4, -0.2) is 52.5 Å². The number of carbonyl (C=O) groups excluding carboxylic acids is 1. The number of aryl methyl sites for hydroxylation is 1. The number of hydrogen-bond donors (Lipinski definition) is 0. The molecule has 0 aliphatic carbocycles. The lowest BCUT2D eigenvalue weighted by Gasteiger charge is -2.36. The highest BCUT2D eigenvalue weighted by molar-refractivity contribution is 5.76. The van der Waals surface area contributed by atoms with Crippen LogP contribution in [0, 0.1) is 6.92 Å². The lowest BCUT2D eigenvalue weighted by molar-refractivity contribution is -0.677. The Morgan fingerprint density at radius 1 is 1.23 bits per heavy atom. The number of hydrogen-bond acceptors (Lipinski definition) is 2. The van der Waals surface area contributed by atoms with Gasteiger partial charge < -0.3 is 22.2 Å². The van der Waals surface area contributed by atoms with Gasteiger partial charge in [0.2, 0.25) is 0 Å². The van der Waals surface area contributed by atoms with Crippen LogP contribution in [0.25, 0.3) is 0 Å². The largest absolute Gasteiger partial charge is 1.00 e. The molecule has 2 saturated heterocycles. The predicted octanol–water partition coefficient (Wildman–Crippen LogP) is -2.29. The normalized spacial score (nSPS) is 20.2. The number of halogens is 1. The van der Waals surface area contributed by atoms with Crippen molar-refractivity contribution in [2.45, 2.75) is 45.2 Å². The van der Waals surface area contributed by atoms with E-state index in [0.717, 1.165) is 31.8 Å². The molecule has 0 N–H and O–H groups in total. The second-order valence-corrected chi connectivity index (χ2v) is 6.44. The zero-order chi connectivity index (χ0) is 14.8. The topological polar surface area (TPSA) is 32.4 Å². The highest BCUT2D eigenvalue weighted by atomic mass is 35.5. The Labute approximate surface area is 139 Å². The van der Waals surface area contributed by atoms with Crippen molar-refractivity contribution < 1.29 is 21.8 Å². The first-order valence-electron chi connectivity index (χ1n) is 8.18. The van der Waals surface area contributed by atoms with E-state index in [1.165, 1.54) is 25.9 Å². The number of nitrogens with zero attached hydrogens (tertiary/aromatic N) is 4. The van der Waals surface area contributed by atoms with Crippen LogP contribution in [0.15, 0.2) is 12.4 Å². The molecule has 124 valence electrons. The molecule has 2 aliphatic rings. The molecule has 5 nitrogen and oxygen atoms in total. The molecule has 3 rings (SSSR count). The van der Waals surface area contributed by atoms with E-state index < -0.39 is 0 Å². The summed E-state index contributed by atoms with van der Waals surface area (Å²) >= 11 is 0. The summed E-state index contributed by atoms with van der Waals surface area (Å²) in [4.78, 5) is 17.1. The number of rotatable bonds is 3. The number of aromatic nitrogens is 2. The van der Waals surface area contributed by atoms with E-state index in [2.05, 4.69) is 4.90 Å². The first-order chi connectivity index (χ1) is 10.1. The Balaban J connectivity index is 0.00000176. The van der Waals surface area contributed by atoms with Gasteiger partial charge in [0.25, 0.3) is 11.7 Å². The lowest BCUT2D eigenvalue weighted by atomic mass is 10.0. The molecule has 0 atom stereocenters. The third kappa shape index (κ3) is 3.63. The van der Waals surface area contributed by atoms with Gasteiger partial charge >= 0.3 is 0 Å². The average Bonchev–Trinajstić information content (AvgIpc) is 3.13. The summed E-state index contributed by atoms with van der Waals surface area (Å²) in [6.45, 7) is 6.89. The zero-order valence-electron chi connectivity index (χ0n) is 13.7. The molecular formula is C16H27ClN4O. The molecule has 3 heterocycles. The summed E-state index contributed by atoms with van der Waals surface area (Å²) < 4.78 is 4.09. The van der Waals surface area contributed by atoms with E-state index in [-0.39, 0.29) is 18.3 Å². The first-order valence-corrected chi connectivity index (χ1v) is 8.18. The Morgan fingerprint density at radius 3 is 2.41 bits per heavy atom. The minimum absolute atomic E-state index is 0. The number of carbonyl (C=O) groups is 1. The Hall–Kier alpha value is -1.07. The van der Waals surface area contributed by atoms with Gasteiger partial charge in [-0.15, -0.1) is 0 Å². The summed E-state index contributed by atoms with van der Waals surface area (Å²) in [6, 6.07) is 0.711. The molecule has 0 aromatic carbocycles. The first kappa shape index (κ1) is 17.3. The van der Waals surface area contributed by atoms with Crippen molar-refractivity contribution in [3.05, 3.63) is 18.2 Å². The van der Waals surface area contributed by atoms with E-state index in [0.29, 0.717) is 12.6 Å². The number of imidazole rings is 1. The third-order valence-corrected chi connectivity index (χ3v) is 5.18. The van der Waals surface area contributed by atoms with E-state index in [1.807, 2.05) is 40.4 Å². The molecule has 1 aromatic heterocycles. The fourth-order valence-electron chi connectivity index (χ4n) is 3.60. The lowest BCUT2D eigenvalue weighted by Crippen LogP contribution is -3.00. The van der Waals surface area contributed by atoms with Crippen LogP contribution in [-0.2, 0) is 18.4 Å². The molecule has 0 bridgehead atoms. The van der Waals surface area contributed by atoms with Crippen LogP contribution in [0.5, 0.6) is 0 Å². The average molecular weight is 327 g/mol. The monoisotopic (exact) mass is 326 g/mol. The predicted molar refractivity (Wildman–Crippen MR) is 80.8 cm³/mol. The molecule has 1 aromatic rings. The van der Waals surface area contributed by atoms with Gasteiger partial charge in [-0.2, -0.15) is 0 Å². The molecule has 22 heavy (non-hydrogen) atoms. The quantitative estimate of drug-likeness (QED) is 0.586. The minimum Gasteiger partial charge on any atom is -1.00 e. The minimum atomic E-state index is 0. The molecular weight excluding hydrogens is 300 g/mol.